The van der Waals surface area contributed by atoms with Gasteiger partial charge in [0.1, 0.15) is 6.04 Å². The molecule has 0 bridgehead atoms. The molecule has 1 aromatic rings. The van der Waals surface area contributed by atoms with Crippen LogP contribution in [-0.4, -0.2) is 97.1 Å². The van der Waals surface area contributed by atoms with Crippen LogP contribution >= 0.6 is 23.5 Å². The van der Waals surface area contributed by atoms with E-state index in [1.807, 2.05) is 39.0 Å². The predicted molar refractivity (Wildman–Crippen MR) is 171 cm³/mol. The first-order valence-electron chi connectivity index (χ1n) is 15.1. The Kier molecular flexibility index (Phi) is 16.4. The minimum Gasteiger partial charge on any atom is -0.481 e. The van der Waals surface area contributed by atoms with Crippen molar-refractivity contribution in [2.45, 2.75) is 101 Å². The van der Waals surface area contributed by atoms with Gasteiger partial charge in [0, 0.05) is 42.1 Å². The van der Waals surface area contributed by atoms with E-state index in [1.54, 1.807) is 18.7 Å². The number of aryl methyl sites for hydroxylation is 1. The summed E-state index contributed by atoms with van der Waals surface area (Å²) < 4.78 is 0. The average molecular weight is 643 g/mol. The summed E-state index contributed by atoms with van der Waals surface area (Å²) in [5, 5.41) is 57.2. The third kappa shape index (κ3) is 12.6. The Balaban J connectivity index is 1.95. The predicted octanol–water partition coefficient (Wildman–Crippen LogP) is 2.33. The van der Waals surface area contributed by atoms with Crippen LogP contribution in [0.3, 0.4) is 0 Å². The number of nitrogens with one attached hydrogen (secondary N) is 2. The van der Waals surface area contributed by atoms with Crippen LogP contribution in [0.2, 0.25) is 0 Å². The number of aliphatic hydroxyl groups is 4. The molecule has 0 saturated heterocycles. The second-order valence-corrected chi connectivity index (χ2v) is 14.2. The molecule has 2 rings (SSSR count). The standard InChI is InChI=1S/C31H50N2O8S2/c1-5-11-32-31(41)24(9-10-28(37)38)33-27(36)14-22-13-25(34)19(3)29(39)23(22)16-42-17-26(35)30(40)20(4)43-15-21-8-6-7-18(2)12-21/h6-8,12,19-20,22-26,29-30,34-35,39-40H,5,9-11,13-17H2,1-4H3,(H,32,41)(H,33,36)(H,37,38). The molecule has 9 atom stereocenters. The Morgan fingerprint density at radius 2 is 1.88 bits per heavy atom. The van der Waals surface area contributed by atoms with Gasteiger partial charge >= 0.3 is 5.97 Å². The summed E-state index contributed by atoms with van der Waals surface area (Å²) in [6.07, 6.45) is -3.00. The number of hydrogen-bond acceptors (Lipinski definition) is 9. The average Bonchev–Trinajstić information content (AvgIpc) is 2.96. The molecule has 0 heterocycles. The van der Waals surface area contributed by atoms with Gasteiger partial charge in [0.25, 0.3) is 0 Å². The van der Waals surface area contributed by atoms with E-state index in [0.717, 1.165) is 11.3 Å². The molecule has 0 spiro atoms. The van der Waals surface area contributed by atoms with E-state index in [9.17, 15) is 34.8 Å². The van der Waals surface area contributed by atoms with E-state index in [-0.39, 0.29) is 42.6 Å². The van der Waals surface area contributed by atoms with Crippen molar-refractivity contribution in [3.63, 3.8) is 0 Å². The van der Waals surface area contributed by atoms with Gasteiger partial charge in [0.15, 0.2) is 0 Å². The van der Waals surface area contributed by atoms with Gasteiger partial charge in [0.05, 0.1) is 24.4 Å². The number of carbonyl (C=O) groups is 3. The largest absolute Gasteiger partial charge is 0.481 e. The van der Waals surface area contributed by atoms with E-state index in [2.05, 4.69) is 16.7 Å². The number of amides is 2. The molecule has 43 heavy (non-hydrogen) atoms. The van der Waals surface area contributed by atoms with Crippen LogP contribution in [0, 0.1) is 24.7 Å². The van der Waals surface area contributed by atoms with Crippen molar-refractivity contribution < 1.29 is 39.9 Å². The van der Waals surface area contributed by atoms with Gasteiger partial charge in [-0.25, -0.2) is 0 Å². The second kappa shape index (κ2) is 18.9. The number of carbonyl (C=O) groups excluding carboxylic acids is 2. The first-order valence-corrected chi connectivity index (χ1v) is 17.3. The Morgan fingerprint density at radius 3 is 2.53 bits per heavy atom. The lowest BCUT2D eigenvalue weighted by atomic mass is 9.70. The van der Waals surface area contributed by atoms with Crippen molar-refractivity contribution in [2.75, 3.05) is 18.1 Å². The Labute approximate surface area is 263 Å². The highest BCUT2D eigenvalue weighted by Crippen LogP contribution is 2.38. The van der Waals surface area contributed by atoms with Gasteiger partial charge in [-0.3, -0.25) is 14.4 Å². The smallest absolute Gasteiger partial charge is 0.303 e. The zero-order chi connectivity index (χ0) is 32.1. The molecular weight excluding hydrogens is 592 g/mol. The number of aliphatic carboxylic acids is 1. The van der Waals surface area contributed by atoms with Crippen molar-refractivity contribution in [2.24, 2.45) is 17.8 Å². The van der Waals surface area contributed by atoms with Crippen molar-refractivity contribution >= 4 is 41.3 Å². The van der Waals surface area contributed by atoms with Gasteiger partial charge in [-0.05, 0) is 49.3 Å². The van der Waals surface area contributed by atoms with Crippen LogP contribution in [0.15, 0.2) is 24.3 Å². The first kappa shape index (κ1) is 37.4. The van der Waals surface area contributed by atoms with E-state index in [0.29, 0.717) is 18.7 Å². The molecule has 2 amide bonds. The van der Waals surface area contributed by atoms with E-state index < -0.39 is 60.1 Å². The van der Waals surface area contributed by atoms with Gasteiger partial charge in [-0.15, -0.1) is 0 Å². The molecule has 0 aliphatic heterocycles. The summed E-state index contributed by atoms with van der Waals surface area (Å²) in [5.41, 5.74) is 2.32. The van der Waals surface area contributed by atoms with E-state index in [4.69, 9.17) is 5.11 Å². The number of hydrogen-bond donors (Lipinski definition) is 7. The Bertz CT molecular complexity index is 1030. The molecule has 1 aromatic carbocycles. The quantitative estimate of drug-likeness (QED) is 0.126. The van der Waals surface area contributed by atoms with Crippen molar-refractivity contribution in [3.8, 4) is 0 Å². The number of thioether (sulfide) groups is 2. The van der Waals surface area contributed by atoms with Crippen LogP contribution in [0.5, 0.6) is 0 Å². The molecule has 244 valence electrons. The Hall–Kier alpha value is -1.83. The minimum atomic E-state index is -1.07. The third-order valence-electron chi connectivity index (χ3n) is 8.10. The van der Waals surface area contributed by atoms with Gasteiger partial charge in [-0.2, -0.15) is 23.5 Å². The van der Waals surface area contributed by atoms with Gasteiger partial charge in [0.2, 0.25) is 11.8 Å². The summed E-state index contributed by atoms with van der Waals surface area (Å²) in [7, 11) is 0. The summed E-state index contributed by atoms with van der Waals surface area (Å²) in [5.74, 6) is -1.76. The van der Waals surface area contributed by atoms with Crippen molar-refractivity contribution in [1.82, 2.24) is 10.6 Å². The molecule has 9 unspecified atom stereocenters. The first-order chi connectivity index (χ1) is 20.3. The highest BCUT2D eigenvalue weighted by molar-refractivity contribution is 7.99. The minimum absolute atomic E-state index is 0.0471. The lowest BCUT2D eigenvalue weighted by Crippen LogP contribution is -2.50. The monoisotopic (exact) mass is 642 g/mol. The molecule has 0 radical (unpaired) electrons. The van der Waals surface area contributed by atoms with Crippen LogP contribution in [0.25, 0.3) is 0 Å². The molecule has 1 aliphatic carbocycles. The molecule has 0 aromatic heterocycles. The molecule has 12 heteroatoms. The molecule has 7 N–H and O–H groups in total. The topological polar surface area (TPSA) is 176 Å². The number of aliphatic hydroxyl groups excluding tert-OH is 4. The third-order valence-corrected chi connectivity index (χ3v) is 10.6. The summed E-state index contributed by atoms with van der Waals surface area (Å²) >= 11 is 2.95. The van der Waals surface area contributed by atoms with Gasteiger partial charge in [-0.1, -0.05) is 50.6 Å². The molecule has 1 saturated carbocycles. The fourth-order valence-electron chi connectivity index (χ4n) is 5.33. The van der Waals surface area contributed by atoms with Crippen molar-refractivity contribution in [1.29, 1.82) is 0 Å². The number of carboxylic acids is 1. The highest BCUT2D eigenvalue weighted by Gasteiger charge is 2.42. The van der Waals surface area contributed by atoms with Crippen LogP contribution < -0.4 is 10.6 Å². The van der Waals surface area contributed by atoms with E-state index >= 15 is 0 Å². The summed E-state index contributed by atoms with van der Waals surface area (Å²) in [4.78, 5) is 36.7. The molecule has 1 aliphatic rings. The Morgan fingerprint density at radius 1 is 1.16 bits per heavy atom. The SMILES string of the molecule is CCCNC(=O)C(CCC(=O)O)NC(=O)CC1CC(O)C(C)C(O)C1CSCC(O)C(O)C(C)SCc1cccc(C)c1. The van der Waals surface area contributed by atoms with Crippen LogP contribution in [0.4, 0.5) is 0 Å². The number of carboxylic acid groups (broad SMARTS) is 1. The summed E-state index contributed by atoms with van der Waals surface area (Å²) in [6.45, 7) is 7.96. The molecule has 10 nitrogen and oxygen atoms in total. The van der Waals surface area contributed by atoms with Crippen LogP contribution in [-0.2, 0) is 20.1 Å². The normalized spacial score (nSPS) is 24.9. The second-order valence-electron chi connectivity index (χ2n) is 11.7. The van der Waals surface area contributed by atoms with Crippen LogP contribution in [0.1, 0.15) is 64.0 Å². The highest BCUT2D eigenvalue weighted by atomic mass is 32.2. The zero-order valence-corrected chi connectivity index (χ0v) is 27.3. The molecule has 1 fully saturated rings. The van der Waals surface area contributed by atoms with E-state index in [1.165, 1.54) is 17.3 Å². The lowest BCUT2D eigenvalue weighted by Gasteiger charge is -2.42. The van der Waals surface area contributed by atoms with Crippen molar-refractivity contribution in [3.05, 3.63) is 35.4 Å². The van der Waals surface area contributed by atoms with Gasteiger partial charge < -0.3 is 36.2 Å². The maximum absolute atomic E-state index is 13.0. The maximum Gasteiger partial charge on any atom is 0.303 e. The summed E-state index contributed by atoms with van der Waals surface area (Å²) in [6, 6.07) is 7.16. The number of benzene rings is 1. The number of rotatable bonds is 18. The fraction of sp³-hybridized carbons (Fsp3) is 0.710. The zero-order valence-electron chi connectivity index (χ0n) is 25.6. The fourth-order valence-corrected chi connectivity index (χ4v) is 7.66. The lowest BCUT2D eigenvalue weighted by molar-refractivity contribution is -0.138. The molecular formula is C31H50N2O8S2. The maximum atomic E-state index is 13.0.